The van der Waals surface area contributed by atoms with Crippen LogP contribution in [0.3, 0.4) is 0 Å². The molecule has 0 unspecified atom stereocenters. The number of hydrogen-bond donors (Lipinski definition) is 1. The lowest BCUT2D eigenvalue weighted by Crippen LogP contribution is -2.37. The van der Waals surface area contributed by atoms with Crippen LogP contribution in [-0.2, 0) is 27.4 Å². The summed E-state index contributed by atoms with van der Waals surface area (Å²) < 4.78 is 5.42. The van der Waals surface area contributed by atoms with Gasteiger partial charge >= 0.3 is 5.97 Å². The lowest BCUT2D eigenvalue weighted by atomic mass is 9.78. The lowest BCUT2D eigenvalue weighted by Gasteiger charge is -2.29. The first-order valence-corrected chi connectivity index (χ1v) is 10.3. The minimum atomic E-state index is -0.507. The number of benzene rings is 2. The van der Waals surface area contributed by atoms with E-state index in [-0.39, 0.29) is 18.2 Å². The van der Waals surface area contributed by atoms with Crippen molar-refractivity contribution in [2.45, 2.75) is 45.6 Å². The van der Waals surface area contributed by atoms with Gasteiger partial charge in [-0.1, -0.05) is 44.0 Å². The highest BCUT2D eigenvalue weighted by Gasteiger charge is 2.36. The highest BCUT2D eigenvalue weighted by Crippen LogP contribution is 2.32. The summed E-state index contributed by atoms with van der Waals surface area (Å²) in [4.78, 5) is 36.0. The van der Waals surface area contributed by atoms with Gasteiger partial charge in [0, 0.05) is 17.8 Å². The molecule has 2 atom stereocenters. The fourth-order valence-corrected chi connectivity index (χ4v) is 3.81. The van der Waals surface area contributed by atoms with Crippen LogP contribution >= 0.6 is 0 Å². The largest absolute Gasteiger partial charge is 0.461 e. The van der Waals surface area contributed by atoms with E-state index in [0.29, 0.717) is 24.1 Å². The molecule has 3 rings (SSSR count). The molecule has 1 N–H and O–H groups in total. The molecule has 0 spiro atoms. The Kier molecular flexibility index (Phi) is 7.17. The van der Waals surface area contributed by atoms with Crippen LogP contribution in [0, 0.1) is 22.0 Å². The van der Waals surface area contributed by atoms with Gasteiger partial charge in [-0.05, 0) is 42.5 Å². The highest BCUT2D eigenvalue weighted by atomic mass is 16.6. The second-order valence-electron chi connectivity index (χ2n) is 7.57. The number of amides is 1. The molecule has 1 aliphatic carbocycles. The van der Waals surface area contributed by atoms with Gasteiger partial charge in [0.1, 0.15) is 6.61 Å². The van der Waals surface area contributed by atoms with E-state index in [4.69, 9.17) is 4.74 Å². The second-order valence-corrected chi connectivity index (χ2v) is 7.57. The molecule has 2 aromatic carbocycles. The summed E-state index contributed by atoms with van der Waals surface area (Å²) in [6.07, 6.45) is 3.92. The summed E-state index contributed by atoms with van der Waals surface area (Å²) in [5, 5.41) is 13.8. The molecule has 0 radical (unpaired) electrons. The molecule has 7 nitrogen and oxygen atoms in total. The molecular weight excluding hydrogens is 384 g/mol. The van der Waals surface area contributed by atoms with Crippen molar-refractivity contribution in [1.82, 2.24) is 0 Å². The first kappa shape index (κ1) is 21.5. The van der Waals surface area contributed by atoms with E-state index in [9.17, 15) is 19.7 Å². The number of hydrogen-bond acceptors (Lipinski definition) is 5. The van der Waals surface area contributed by atoms with Crippen molar-refractivity contribution in [1.29, 1.82) is 0 Å². The molecule has 0 bridgehead atoms. The van der Waals surface area contributed by atoms with Gasteiger partial charge in [-0.2, -0.15) is 0 Å². The predicted octanol–water partition coefficient (Wildman–Crippen LogP) is 4.65. The molecule has 158 valence electrons. The van der Waals surface area contributed by atoms with Crippen molar-refractivity contribution in [3.8, 4) is 0 Å². The number of esters is 1. The molecule has 7 heteroatoms. The first-order valence-electron chi connectivity index (χ1n) is 10.3. The monoisotopic (exact) mass is 410 g/mol. The van der Waals surface area contributed by atoms with E-state index in [2.05, 4.69) is 12.2 Å². The van der Waals surface area contributed by atoms with Gasteiger partial charge in [0.2, 0.25) is 5.91 Å². The standard InChI is InChI=1S/C23H26N2O5/c1-2-16-10-12-18(13-11-16)24-22(26)20-8-3-4-9-21(20)23(27)30-15-17-6-5-7-19(14-17)25(28)29/h5-7,10-14,20-21H,2-4,8-9,15H2,1H3,(H,24,26)/t20-,21-/m0/s1. The maximum atomic E-state index is 12.8. The van der Waals surface area contributed by atoms with Crippen molar-refractivity contribution < 1.29 is 19.2 Å². The quantitative estimate of drug-likeness (QED) is 0.407. The summed E-state index contributed by atoms with van der Waals surface area (Å²) in [6.45, 7) is 2.02. The van der Waals surface area contributed by atoms with Crippen LogP contribution < -0.4 is 5.32 Å². The molecule has 1 amide bonds. The Morgan fingerprint density at radius 3 is 2.43 bits per heavy atom. The maximum absolute atomic E-state index is 12.8. The van der Waals surface area contributed by atoms with Gasteiger partial charge in [-0.3, -0.25) is 19.7 Å². The molecule has 1 fully saturated rings. The van der Waals surface area contributed by atoms with E-state index in [1.165, 1.54) is 17.7 Å². The highest BCUT2D eigenvalue weighted by molar-refractivity contribution is 5.95. The van der Waals surface area contributed by atoms with Crippen LogP contribution in [0.2, 0.25) is 0 Å². The van der Waals surface area contributed by atoms with E-state index >= 15 is 0 Å². The van der Waals surface area contributed by atoms with Crippen LogP contribution in [0.5, 0.6) is 0 Å². The Labute approximate surface area is 175 Å². The third-order valence-corrected chi connectivity index (χ3v) is 5.54. The normalized spacial score (nSPS) is 18.4. The number of nitrogens with one attached hydrogen (secondary N) is 1. The van der Waals surface area contributed by atoms with Gasteiger partial charge in [-0.25, -0.2) is 0 Å². The molecule has 0 heterocycles. The third-order valence-electron chi connectivity index (χ3n) is 5.54. The molecule has 2 aromatic rings. The van der Waals surface area contributed by atoms with E-state index in [1.54, 1.807) is 12.1 Å². The summed E-state index contributed by atoms with van der Waals surface area (Å²) in [5.41, 5.74) is 2.40. The first-order chi connectivity index (χ1) is 14.5. The van der Waals surface area contributed by atoms with Gasteiger partial charge in [0.15, 0.2) is 0 Å². The topological polar surface area (TPSA) is 98.5 Å². The Bertz CT molecular complexity index is 910. The number of nitrogens with zero attached hydrogens (tertiary/aromatic N) is 1. The molecule has 1 saturated carbocycles. The molecule has 0 aromatic heterocycles. The zero-order valence-corrected chi connectivity index (χ0v) is 17.0. The molecule has 0 aliphatic heterocycles. The van der Waals surface area contributed by atoms with E-state index < -0.39 is 22.7 Å². The fraction of sp³-hybridized carbons (Fsp3) is 0.391. The van der Waals surface area contributed by atoms with Crippen molar-refractivity contribution in [3.05, 3.63) is 69.8 Å². The molecule has 0 saturated heterocycles. The fourth-order valence-electron chi connectivity index (χ4n) is 3.81. The van der Waals surface area contributed by atoms with Gasteiger partial charge in [0.05, 0.1) is 16.8 Å². The van der Waals surface area contributed by atoms with Crippen LogP contribution in [0.1, 0.15) is 43.7 Å². The molecule has 1 aliphatic rings. The summed E-state index contributed by atoms with van der Waals surface area (Å²) in [5.74, 6) is -1.55. The summed E-state index contributed by atoms with van der Waals surface area (Å²) in [6, 6.07) is 13.7. The summed E-state index contributed by atoms with van der Waals surface area (Å²) >= 11 is 0. The number of rotatable bonds is 7. The number of carbonyl (C=O) groups excluding carboxylic acids is 2. The number of nitro benzene ring substituents is 1. The minimum absolute atomic E-state index is 0.0486. The third kappa shape index (κ3) is 5.43. The Morgan fingerprint density at radius 1 is 1.07 bits per heavy atom. The van der Waals surface area contributed by atoms with Gasteiger partial charge in [0.25, 0.3) is 5.69 Å². The average molecular weight is 410 g/mol. The molecule has 30 heavy (non-hydrogen) atoms. The van der Waals surface area contributed by atoms with Crippen LogP contribution in [0.4, 0.5) is 11.4 Å². The average Bonchev–Trinajstić information content (AvgIpc) is 2.78. The van der Waals surface area contributed by atoms with Gasteiger partial charge < -0.3 is 10.1 Å². The molecular formula is C23H26N2O5. The van der Waals surface area contributed by atoms with Crippen LogP contribution in [-0.4, -0.2) is 16.8 Å². The number of aryl methyl sites for hydroxylation is 1. The number of non-ortho nitro benzene ring substituents is 1. The number of nitro groups is 1. The smallest absolute Gasteiger partial charge is 0.310 e. The predicted molar refractivity (Wildman–Crippen MR) is 113 cm³/mol. The van der Waals surface area contributed by atoms with Crippen molar-refractivity contribution in [2.75, 3.05) is 5.32 Å². The van der Waals surface area contributed by atoms with Crippen molar-refractivity contribution in [2.24, 2.45) is 11.8 Å². The van der Waals surface area contributed by atoms with Gasteiger partial charge in [-0.15, -0.1) is 0 Å². The Morgan fingerprint density at radius 2 is 1.77 bits per heavy atom. The summed E-state index contributed by atoms with van der Waals surface area (Å²) in [7, 11) is 0. The number of anilines is 1. The van der Waals surface area contributed by atoms with Crippen LogP contribution in [0.15, 0.2) is 48.5 Å². The van der Waals surface area contributed by atoms with E-state index in [1.807, 2.05) is 24.3 Å². The number of carbonyl (C=O) groups is 2. The second kappa shape index (κ2) is 10.0. The Hall–Kier alpha value is -3.22. The van der Waals surface area contributed by atoms with E-state index in [0.717, 1.165) is 19.3 Å². The zero-order chi connectivity index (χ0) is 21.5. The maximum Gasteiger partial charge on any atom is 0.310 e. The zero-order valence-electron chi connectivity index (χ0n) is 17.0. The van der Waals surface area contributed by atoms with Crippen molar-refractivity contribution >= 4 is 23.3 Å². The lowest BCUT2D eigenvalue weighted by molar-refractivity contribution is -0.384. The van der Waals surface area contributed by atoms with Crippen molar-refractivity contribution in [3.63, 3.8) is 0 Å². The minimum Gasteiger partial charge on any atom is -0.461 e. The SMILES string of the molecule is CCc1ccc(NC(=O)[C@H]2CCCC[C@@H]2C(=O)OCc2cccc([N+](=O)[O-])c2)cc1. The Balaban J connectivity index is 1.62. The van der Waals surface area contributed by atoms with Crippen LogP contribution in [0.25, 0.3) is 0 Å². The number of ether oxygens (including phenoxy) is 1.